The fourth-order valence-corrected chi connectivity index (χ4v) is 5.05. The topological polar surface area (TPSA) is 48.0 Å². The van der Waals surface area contributed by atoms with Gasteiger partial charge in [0.05, 0.1) is 32.6 Å². The Morgan fingerprint density at radius 1 is 1.14 bits per heavy atom. The summed E-state index contributed by atoms with van der Waals surface area (Å²) < 4.78 is 17.7. The zero-order valence-electron chi connectivity index (χ0n) is 16.4. The van der Waals surface area contributed by atoms with Crippen LogP contribution in [-0.2, 0) is 17.8 Å². The van der Waals surface area contributed by atoms with Gasteiger partial charge in [0.15, 0.2) is 11.5 Å². The quantitative estimate of drug-likeness (QED) is 0.488. The predicted octanol–water partition coefficient (Wildman–Crippen LogP) is 4.84. The number of rotatable bonds is 8. The number of nitrogens with zero attached hydrogens (tertiary/aromatic N) is 1. The van der Waals surface area contributed by atoms with Crippen molar-refractivity contribution < 1.29 is 19.0 Å². The third-order valence-corrected chi connectivity index (χ3v) is 6.86. The first-order valence-electron chi connectivity index (χ1n) is 9.11. The van der Waals surface area contributed by atoms with Crippen LogP contribution < -0.4 is 14.2 Å². The Hall–Kier alpha value is -1.77. The lowest BCUT2D eigenvalue weighted by atomic mass is 10.1. The van der Waals surface area contributed by atoms with Gasteiger partial charge in [-0.2, -0.15) is 0 Å². The largest absolute Gasteiger partial charge is 0.497 e. The van der Waals surface area contributed by atoms with E-state index in [2.05, 4.69) is 15.9 Å². The normalized spacial score (nSPS) is 16.3. The molecule has 0 radical (unpaired) electrons. The number of methoxy groups -OCH3 is 2. The lowest BCUT2D eigenvalue weighted by Crippen LogP contribution is -2.31. The van der Waals surface area contributed by atoms with Gasteiger partial charge in [0, 0.05) is 4.47 Å². The smallest absolute Gasteiger partial charge is 0.242 e. The Morgan fingerprint density at radius 2 is 1.86 bits per heavy atom. The predicted molar refractivity (Wildman–Crippen MR) is 123 cm³/mol. The summed E-state index contributed by atoms with van der Waals surface area (Å²) in [4.78, 5) is 14.7. The molecule has 2 aromatic rings. The van der Waals surface area contributed by atoms with Gasteiger partial charge in [0.25, 0.3) is 0 Å². The molecule has 1 amide bonds. The van der Waals surface area contributed by atoms with Crippen LogP contribution in [0.25, 0.3) is 0 Å². The second-order valence-electron chi connectivity index (χ2n) is 6.38. The molecule has 1 atom stereocenters. The molecule has 0 aliphatic carbocycles. The number of hydrogen-bond acceptors (Lipinski definition) is 6. The van der Waals surface area contributed by atoms with Crippen LogP contribution >= 0.6 is 39.9 Å². The minimum atomic E-state index is -0.264. The first kappa shape index (κ1) is 21.9. The molecule has 5 nitrogen and oxygen atoms in total. The highest BCUT2D eigenvalue weighted by atomic mass is 79.9. The Morgan fingerprint density at radius 3 is 2.48 bits per heavy atom. The Labute approximate surface area is 188 Å². The number of hydrogen-bond donors (Lipinski definition) is 0. The van der Waals surface area contributed by atoms with Crippen molar-refractivity contribution in [1.82, 2.24) is 4.90 Å². The maximum absolute atomic E-state index is 13.0. The number of benzene rings is 2. The van der Waals surface area contributed by atoms with Gasteiger partial charge in [-0.15, -0.1) is 0 Å². The van der Waals surface area contributed by atoms with E-state index in [0.29, 0.717) is 35.4 Å². The monoisotopic (exact) mass is 495 g/mol. The fraction of sp³-hybridized carbons (Fsp3) is 0.333. The molecule has 1 saturated heterocycles. The number of thioether (sulfide) groups is 1. The molecule has 1 aliphatic heterocycles. The van der Waals surface area contributed by atoms with E-state index in [-0.39, 0.29) is 11.2 Å². The average molecular weight is 496 g/mol. The molecule has 0 bridgehead atoms. The van der Waals surface area contributed by atoms with E-state index in [9.17, 15) is 4.79 Å². The molecule has 2 aromatic carbocycles. The number of carbonyl (C=O) groups excluding carboxylic acids is 1. The van der Waals surface area contributed by atoms with Crippen molar-refractivity contribution in [3.63, 3.8) is 0 Å². The zero-order chi connectivity index (χ0) is 21.0. The van der Waals surface area contributed by atoms with Gasteiger partial charge in [0.2, 0.25) is 5.91 Å². The van der Waals surface area contributed by atoms with Crippen molar-refractivity contribution in [2.45, 2.75) is 25.1 Å². The van der Waals surface area contributed by atoms with Crippen molar-refractivity contribution in [2.75, 3.05) is 20.8 Å². The molecule has 0 spiro atoms. The van der Waals surface area contributed by atoms with Gasteiger partial charge in [-0.1, -0.05) is 52.0 Å². The Balaban J connectivity index is 1.74. The van der Waals surface area contributed by atoms with Gasteiger partial charge in [-0.05, 0) is 48.7 Å². The summed E-state index contributed by atoms with van der Waals surface area (Å²) in [6.45, 7) is 2.92. The second-order valence-corrected chi connectivity index (χ2v) is 9.07. The van der Waals surface area contributed by atoms with E-state index >= 15 is 0 Å². The summed E-state index contributed by atoms with van der Waals surface area (Å²) in [7, 11) is 3.24. The minimum absolute atomic E-state index is 0.0245. The van der Waals surface area contributed by atoms with E-state index in [1.807, 2.05) is 43.3 Å². The van der Waals surface area contributed by atoms with Crippen LogP contribution in [0.15, 0.2) is 40.9 Å². The van der Waals surface area contributed by atoms with Crippen LogP contribution in [0.5, 0.6) is 17.2 Å². The number of amides is 1. The highest BCUT2D eigenvalue weighted by molar-refractivity contribution is 9.10. The third-order valence-electron chi connectivity index (χ3n) is 4.54. The second kappa shape index (κ2) is 9.82. The van der Waals surface area contributed by atoms with Crippen LogP contribution in [0.3, 0.4) is 0 Å². The molecule has 1 fully saturated rings. The number of thiocarbonyl (C=S) groups is 1. The van der Waals surface area contributed by atoms with E-state index in [1.165, 1.54) is 11.8 Å². The first-order valence-corrected chi connectivity index (χ1v) is 11.2. The van der Waals surface area contributed by atoms with Gasteiger partial charge < -0.3 is 14.2 Å². The standard InChI is InChI=1S/C21H22BrNO4S2/c1-4-27-18-9-14(16(22)11-17(18)26-3)10-19-20(24)23(21(28)29-19)12-13-5-7-15(25-2)8-6-13/h5-9,11,19H,4,10,12H2,1-3H3/t19-/m1/s1. The van der Waals surface area contributed by atoms with Crippen LogP contribution in [0.2, 0.25) is 0 Å². The summed E-state index contributed by atoms with van der Waals surface area (Å²) in [6, 6.07) is 11.5. The molecule has 1 aliphatic rings. The third kappa shape index (κ3) is 5.05. The molecule has 8 heteroatoms. The van der Waals surface area contributed by atoms with Gasteiger partial charge >= 0.3 is 0 Å². The van der Waals surface area contributed by atoms with Gasteiger partial charge in [-0.25, -0.2) is 0 Å². The summed E-state index contributed by atoms with van der Waals surface area (Å²) in [5.41, 5.74) is 1.99. The maximum Gasteiger partial charge on any atom is 0.242 e. The zero-order valence-corrected chi connectivity index (χ0v) is 19.7. The van der Waals surface area contributed by atoms with Gasteiger partial charge in [0.1, 0.15) is 10.1 Å². The molecule has 154 valence electrons. The average Bonchev–Trinajstić information content (AvgIpc) is 2.98. The number of carbonyl (C=O) groups is 1. The van der Waals surface area contributed by atoms with Crippen LogP contribution in [0.1, 0.15) is 18.1 Å². The van der Waals surface area contributed by atoms with Crippen molar-refractivity contribution >= 4 is 50.1 Å². The molecule has 29 heavy (non-hydrogen) atoms. The lowest BCUT2D eigenvalue weighted by Gasteiger charge is -2.17. The number of halogens is 1. The van der Waals surface area contributed by atoms with Crippen molar-refractivity contribution in [1.29, 1.82) is 0 Å². The van der Waals surface area contributed by atoms with Gasteiger partial charge in [-0.3, -0.25) is 9.69 Å². The van der Waals surface area contributed by atoms with Crippen molar-refractivity contribution in [2.24, 2.45) is 0 Å². The molecular weight excluding hydrogens is 474 g/mol. The van der Waals surface area contributed by atoms with E-state index in [0.717, 1.165) is 21.3 Å². The van der Waals surface area contributed by atoms with E-state index in [4.69, 9.17) is 26.4 Å². The Bertz CT molecular complexity index is 904. The number of ether oxygens (including phenoxy) is 3. The van der Waals surface area contributed by atoms with Crippen molar-refractivity contribution in [3.05, 3.63) is 52.0 Å². The Kier molecular flexibility index (Phi) is 7.43. The molecule has 3 rings (SSSR count). The van der Waals surface area contributed by atoms with Crippen molar-refractivity contribution in [3.8, 4) is 17.2 Å². The van der Waals surface area contributed by atoms with E-state index in [1.54, 1.807) is 19.1 Å². The maximum atomic E-state index is 13.0. The molecule has 0 aromatic heterocycles. The van der Waals surface area contributed by atoms with Crippen LogP contribution in [0, 0.1) is 0 Å². The SMILES string of the molecule is CCOc1cc(C[C@H]2SC(=S)N(Cc3ccc(OC)cc3)C2=O)c(Br)cc1OC. The summed E-state index contributed by atoms with van der Waals surface area (Å²) >= 11 is 10.5. The molecule has 0 unspecified atom stereocenters. The highest BCUT2D eigenvalue weighted by Gasteiger charge is 2.37. The first-order chi connectivity index (χ1) is 14.0. The summed E-state index contributed by atoms with van der Waals surface area (Å²) in [5.74, 6) is 2.13. The molecule has 1 heterocycles. The lowest BCUT2D eigenvalue weighted by molar-refractivity contribution is -0.126. The molecule has 0 N–H and O–H groups in total. The van der Waals surface area contributed by atoms with Crippen LogP contribution in [-0.4, -0.2) is 41.2 Å². The molecular formula is C21H22BrNO4S2. The van der Waals surface area contributed by atoms with E-state index < -0.39 is 0 Å². The summed E-state index contributed by atoms with van der Waals surface area (Å²) in [5, 5.41) is -0.264. The fourth-order valence-electron chi connectivity index (χ4n) is 3.05. The summed E-state index contributed by atoms with van der Waals surface area (Å²) in [6.07, 6.45) is 0.549. The highest BCUT2D eigenvalue weighted by Crippen LogP contribution is 2.37. The van der Waals surface area contributed by atoms with Crippen LogP contribution in [0.4, 0.5) is 0 Å². The molecule has 0 saturated carbocycles. The minimum Gasteiger partial charge on any atom is -0.497 e.